The Kier molecular flexibility index (Phi) is 6.81. The zero-order valence-electron chi connectivity index (χ0n) is 18.2. The van der Waals surface area contributed by atoms with Crippen molar-refractivity contribution in [3.05, 3.63) is 89.5 Å². The highest BCUT2D eigenvalue weighted by atomic mass is 32.2. The second kappa shape index (κ2) is 9.35. The fourth-order valence-corrected chi connectivity index (χ4v) is 4.83. The van der Waals surface area contributed by atoms with Crippen LogP contribution in [0.3, 0.4) is 0 Å². The normalized spacial score (nSPS) is 11.4. The van der Waals surface area contributed by atoms with Crippen molar-refractivity contribution in [3.8, 4) is 5.75 Å². The van der Waals surface area contributed by atoms with Crippen LogP contribution in [0.25, 0.3) is 0 Å². The molecule has 3 rings (SSSR count). The molecule has 0 aromatic heterocycles. The molecule has 0 fully saturated rings. The zero-order chi connectivity index (χ0) is 22.6. The lowest BCUT2D eigenvalue weighted by Gasteiger charge is -2.25. The number of aryl methyl sites for hydroxylation is 1. The predicted molar refractivity (Wildman–Crippen MR) is 123 cm³/mol. The number of ether oxygens (including phenoxy) is 1. The first-order valence-electron chi connectivity index (χ1n) is 10.1. The average molecular weight is 438 g/mol. The third kappa shape index (κ3) is 4.80. The Morgan fingerprint density at radius 3 is 2.23 bits per heavy atom. The first-order chi connectivity index (χ1) is 14.7. The maximum Gasteiger partial charge on any atom is 0.278 e. The number of hydrogen-bond acceptors (Lipinski definition) is 4. The lowest BCUT2D eigenvalue weighted by Crippen LogP contribution is -2.40. The summed E-state index contributed by atoms with van der Waals surface area (Å²) in [6.45, 7) is 7.36. The highest BCUT2D eigenvalue weighted by Crippen LogP contribution is 2.30. The van der Waals surface area contributed by atoms with E-state index < -0.39 is 22.5 Å². The van der Waals surface area contributed by atoms with Gasteiger partial charge in [0.15, 0.2) is 6.61 Å². The number of sulfonamides is 1. The van der Waals surface area contributed by atoms with Crippen molar-refractivity contribution in [2.24, 2.45) is 0 Å². The molecule has 0 radical (unpaired) electrons. The van der Waals surface area contributed by atoms with Gasteiger partial charge in [0.05, 0.1) is 10.6 Å². The molecular formula is C25H27NO4S. The molecule has 0 unspecified atom stereocenters. The van der Waals surface area contributed by atoms with E-state index in [1.807, 2.05) is 45.0 Å². The van der Waals surface area contributed by atoms with E-state index in [1.165, 1.54) is 12.1 Å². The van der Waals surface area contributed by atoms with Gasteiger partial charge in [-0.05, 0) is 60.7 Å². The summed E-state index contributed by atoms with van der Waals surface area (Å²) in [5, 5.41) is 0. The molecule has 0 atom stereocenters. The molecule has 0 bridgehead atoms. The molecule has 0 aliphatic rings. The number of benzene rings is 3. The minimum Gasteiger partial charge on any atom is -0.483 e. The Bertz CT molecular complexity index is 1170. The molecule has 0 aliphatic carbocycles. The Balaban J connectivity index is 2.01. The quantitative estimate of drug-likeness (QED) is 0.508. The van der Waals surface area contributed by atoms with E-state index >= 15 is 0 Å². The maximum atomic E-state index is 13.5. The van der Waals surface area contributed by atoms with Crippen LogP contribution < -0.4 is 9.04 Å². The molecule has 0 saturated heterocycles. The first kappa shape index (κ1) is 22.6. The number of hydrogen-bond donors (Lipinski definition) is 0. The Morgan fingerprint density at radius 1 is 0.903 bits per heavy atom. The minimum absolute atomic E-state index is 0.0480. The van der Waals surface area contributed by atoms with Gasteiger partial charge < -0.3 is 4.74 Å². The van der Waals surface area contributed by atoms with Crippen molar-refractivity contribution in [1.29, 1.82) is 0 Å². The van der Waals surface area contributed by atoms with Gasteiger partial charge in [0.1, 0.15) is 5.75 Å². The standard InChI is InChI=1S/C25H27NO4S/c1-18(2)22-14-8-9-16-24(22)30-17-25(27)26(23-15-10-11-19(3)20(23)4)31(28,29)21-12-6-5-7-13-21/h5-16,18H,17H2,1-4H3. The van der Waals surface area contributed by atoms with Crippen molar-refractivity contribution in [2.45, 2.75) is 38.5 Å². The van der Waals surface area contributed by atoms with Crippen LogP contribution in [0.5, 0.6) is 5.75 Å². The van der Waals surface area contributed by atoms with Gasteiger partial charge in [-0.15, -0.1) is 0 Å². The van der Waals surface area contributed by atoms with E-state index in [4.69, 9.17) is 4.74 Å². The number of amides is 1. The molecule has 0 heterocycles. The number of nitrogens with zero attached hydrogens (tertiary/aromatic N) is 1. The van der Waals surface area contributed by atoms with Crippen LogP contribution in [0.2, 0.25) is 0 Å². The van der Waals surface area contributed by atoms with E-state index in [2.05, 4.69) is 0 Å². The first-order valence-corrected chi connectivity index (χ1v) is 11.6. The second-order valence-corrected chi connectivity index (χ2v) is 9.46. The molecule has 6 heteroatoms. The van der Waals surface area contributed by atoms with Crippen LogP contribution in [0.1, 0.15) is 36.5 Å². The fourth-order valence-electron chi connectivity index (χ4n) is 3.34. The third-order valence-corrected chi connectivity index (χ3v) is 6.94. The van der Waals surface area contributed by atoms with E-state index in [0.717, 1.165) is 21.0 Å². The van der Waals surface area contributed by atoms with Crippen LogP contribution in [0.15, 0.2) is 77.7 Å². The smallest absolute Gasteiger partial charge is 0.278 e. The number of para-hydroxylation sites is 1. The lowest BCUT2D eigenvalue weighted by atomic mass is 10.0. The van der Waals surface area contributed by atoms with Crippen molar-refractivity contribution < 1.29 is 17.9 Å². The zero-order valence-corrected chi connectivity index (χ0v) is 19.0. The van der Waals surface area contributed by atoms with Gasteiger partial charge in [0.2, 0.25) is 0 Å². The lowest BCUT2D eigenvalue weighted by molar-refractivity contribution is -0.119. The highest BCUT2D eigenvalue weighted by Gasteiger charge is 2.32. The van der Waals surface area contributed by atoms with Gasteiger partial charge in [0, 0.05) is 0 Å². The summed E-state index contributed by atoms with van der Waals surface area (Å²) >= 11 is 0. The Labute approximate surface area is 184 Å². The van der Waals surface area contributed by atoms with Gasteiger partial charge in [-0.25, -0.2) is 8.42 Å². The summed E-state index contributed by atoms with van der Waals surface area (Å²) in [7, 11) is -4.12. The molecule has 0 saturated carbocycles. The van der Waals surface area contributed by atoms with Gasteiger partial charge in [-0.3, -0.25) is 4.79 Å². The van der Waals surface area contributed by atoms with Crippen LogP contribution >= 0.6 is 0 Å². The monoisotopic (exact) mass is 437 g/mol. The topological polar surface area (TPSA) is 63.7 Å². The van der Waals surface area contributed by atoms with Crippen molar-refractivity contribution >= 4 is 21.6 Å². The summed E-state index contributed by atoms with van der Waals surface area (Å²) < 4.78 is 33.6. The van der Waals surface area contributed by atoms with Gasteiger partial charge in [-0.1, -0.05) is 62.4 Å². The van der Waals surface area contributed by atoms with Gasteiger partial charge in [-0.2, -0.15) is 4.31 Å². The average Bonchev–Trinajstić information content (AvgIpc) is 2.76. The molecule has 162 valence electrons. The molecule has 1 amide bonds. The number of carbonyl (C=O) groups excluding carboxylic acids is 1. The Morgan fingerprint density at radius 2 is 1.55 bits per heavy atom. The highest BCUT2D eigenvalue weighted by molar-refractivity contribution is 7.93. The molecule has 0 aliphatic heterocycles. The van der Waals surface area contributed by atoms with Gasteiger partial charge >= 0.3 is 0 Å². The second-order valence-electron chi connectivity index (χ2n) is 7.68. The van der Waals surface area contributed by atoms with Crippen molar-refractivity contribution in [2.75, 3.05) is 10.9 Å². The summed E-state index contributed by atoms with van der Waals surface area (Å²) in [5.74, 6) is 0.120. The third-order valence-electron chi connectivity index (χ3n) is 5.19. The minimum atomic E-state index is -4.12. The number of anilines is 1. The van der Waals surface area contributed by atoms with Crippen LogP contribution in [0.4, 0.5) is 5.69 Å². The van der Waals surface area contributed by atoms with E-state index in [1.54, 1.807) is 43.3 Å². The summed E-state index contributed by atoms with van der Waals surface area (Å²) in [4.78, 5) is 13.4. The largest absolute Gasteiger partial charge is 0.483 e. The summed E-state index contributed by atoms with van der Waals surface area (Å²) in [6.07, 6.45) is 0. The Hall–Kier alpha value is -3.12. The van der Waals surface area contributed by atoms with Crippen LogP contribution in [0, 0.1) is 13.8 Å². The molecule has 3 aromatic carbocycles. The summed E-state index contributed by atoms with van der Waals surface area (Å²) in [5.41, 5.74) is 2.90. The van der Waals surface area contributed by atoms with E-state index in [-0.39, 0.29) is 10.8 Å². The molecule has 3 aromatic rings. The van der Waals surface area contributed by atoms with E-state index in [0.29, 0.717) is 11.4 Å². The number of rotatable bonds is 7. The maximum absolute atomic E-state index is 13.5. The number of carbonyl (C=O) groups is 1. The molecule has 0 spiro atoms. The molecule has 31 heavy (non-hydrogen) atoms. The van der Waals surface area contributed by atoms with Crippen molar-refractivity contribution in [1.82, 2.24) is 0 Å². The molecule has 5 nitrogen and oxygen atoms in total. The van der Waals surface area contributed by atoms with Gasteiger partial charge in [0.25, 0.3) is 15.9 Å². The SMILES string of the molecule is Cc1cccc(N(C(=O)COc2ccccc2C(C)C)S(=O)(=O)c2ccccc2)c1C. The molecule has 0 N–H and O–H groups in total. The van der Waals surface area contributed by atoms with Crippen molar-refractivity contribution in [3.63, 3.8) is 0 Å². The van der Waals surface area contributed by atoms with Crippen LogP contribution in [-0.2, 0) is 14.8 Å². The fraction of sp³-hybridized carbons (Fsp3) is 0.240. The summed E-state index contributed by atoms with van der Waals surface area (Å²) in [6, 6.07) is 20.7. The molecular weight excluding hydrogens is 410 g/mol. The van der Waals surface area contributed by atoms with Crippen LogP contribution in [-0.4, -0.2) is 20.9 Å². The predicted octanol–water partition coefficient (Wildman–Crippen LogP) is 5.23. The van der Waals surface area contributed by atoms with E-state index in [9.17, 15) is 13.2 Å².